The zero-order chi connectivity index (χ0) is 10.8. The van der Waals surface area contributed by atoms with Crippen molar-refractivity contribution in [3.05, 3.63) is 46.7 Å². The van der Waals surface area contributed by atoms with E-state index in [1.54, 1.807) is 25.1 Å². The molecule has 0 aliphatic carbocycles. The molecule has 14 heavy (non-hydrogen) atoms. The number of benzene rings is 1. The zero-order valence-corrected chi connectivity index (χ0v) is 9.64. The Labute approximate surface area is 91.9 Å². The highest BCUT2D eigenvalue weighted by Gasteiger charge is 2.23. The third-order valence-corrected chi connectivity index (χ3v) is 2.61. The maximum absolute atomic E-state index is 13.5. The lowest BCUT2D eigenvalue weighted by Crippen LogP contribution is -2.33. The number of hydrogen-bond acceptors (Lipinski definition) is 1. The van der Waals surface area contributed by atoms with Gasteiger partial charge in [-0.1, -0.05) is 22.0 Å². The maximum atomic E-state index is 13.5. The summed E-state index contributed by atoms with van der Waals surface area (Å²) in [6, 6.07) is 4.77. The van der Waals surface area contributed by atoms with Crippen LogP contribution in [0.1, 0.15) is 18.9 Å². The maximum Gasteiger partial charge on any atom is 0.128 e. The van der Waals surface area contributed by atoms with Crippen molar-refractivity contribution in [2.75, 3.05) is 0 Å². The topological polar surface area (TPSA) is 26.0 Å². The van der Waals surface area contributed by atoms with Crippen molar-refractivity contribution in [2.24, 2.45) is 5.73 Å². The molecular formula is C11H13BrFN. The summed E-state index contributed by atoms with van der Waals surface area (Å²) in [5, 5.41) is 0. The highest BCUT2D eigenvalue weighted by molar-refractivity contribution is 9.10. The van der Waals surface area contributed by atoms with Gasteiger partial charge in [0.25, 0.3) is 0 Å². The standard InChI is InChI=1S/C11H13BrFN/c1-3-6-11(2,14)9-7-8(12)4-5-10(9)13/h3-5,7H,1,6,14H2,2H3/t11-/m0/s1. The van der Waals surface area contributed by atoms with Crippen LogP contribution in [0.4, 0.5) is 4.39 Å². The lowest BCUT2D eigenvalue weighted by atomic mass is 9.89. The molecule has 0 radical (unpaired) electrons. The molecule has 1 atom stereocenters. The molecule has 0 aliphatic rings. The van der Waals surface area contributed by atoms with E-state index in [-0.39, 0.29) is 5.82 Å². The van der Waals surface area contributed by atoms with Gasteiger partial charge < -0.3 is 5.73 Å². The lowest BCUT2D eigenvalue weighted by Gasteiger charge is -2.24. The molecule has 0 fully saturated rings. The Morgan fingerprint density at radius 3 is 2.86 bits per heavy atom. The van der Waals surface area contributed by atoms with Crippen LogP contribution in [-0.4, -0.2) is 0 Å². The van der Waals surface area contributed by atoms with Crippen LogP contribution in [0.3, 0.4) is 0 Å². The summed E-state index contributed by atoms with van der Waals surface area (Å²) in [5.41, 5.74) is 5.79. The first-order valence-electron chi connectivity index (χ1n) is 4.32. The van der Waals surface area contributed by atoms with Crippen molar-refractivity contribution >= 4 is 15.9 Å². The Kier molecular flexibility index (Phi) is 3.45. The van der Waals surface area contributed by atoms with Gasteiger partial charge in [-0.3, -0.25) is 0 Å². The summed E-state index contributed by atoms with van der Waals surface area (Å²) in [7, 11) is 0. The van der Waals surface area contributed by atoms with Crippen LogP contribution in [-0.2, 0) is 5.54 Å². The minimum absolute atomic E-state index is 0.278. The minimum atomic E-state index is -0.699. The summed E-state index contributed by atoms with van der Waals surface area (Å²) in [5.74, 6) is -0.278. The van der Waals surface area contributed by atoms with Crippen LogP contribution in [0.25, 0.3) is 0 Å². The van der Waals surface area contributed by atoms with Gasteiger partial charge in [-0.2, -0.15) is 0 Å². The van der Waals surface area contributed by atoms with Crippen LogP contribution in [0.2, 0.25) is 0 Å². The van der Waals surface area contributed by atoms with E-state index in [9.17, 15) is 4.39 Å². The Balaban J connectivity index is 3.16. The van der Waals surface area contributed by atoms with Crippen molar-refractivity contribution in [1.29, 1.82) is 0 Å². The van der Waals surface area contributed by atoms with Gasteiger partial charge in [0.2, 0.25) is 0 Å². The van der Waals surface area contributed by atoms with E-state index in [0.717, 1.165) is 4.47 Å². The highest BCUT2D eigenvalue weighted by atomic mass is 79.9. The zero-order valence-electron chi connectivity index (χ0n) is 8.06. The second-order valence-corrected chi connectivity index (χ2v) is 4.45. The fraction of sp³-hybridized carbons (Fsp3) is 0.273. The molecule has 3 heteroatoms. The van der Waals surface area contributed by atoms with Gasteiger partial charge in [0, 0.05) is 15.6 Å². The molecule has 0 aromatic heterocycles. The summed E-state index contributed by atoms with van der Waals surface area (Å²) in [4.78, 5) is 0. The molecule has 0 bridgehead atoms. The van der Waals surface area contributed by atoms with Crippen molar-refractivity contribution in [1.82, 2.24) is 0 Å². The number of nitrogens with two attached hydrogens (primary N) is 1. The second kappa shape index (κ2) is 4.24. The van der Waals surface area contributed by atoms with Gasteiger partial charge in [0.05, 0.1) is 0 Å². The van der Waals surface area contributed by atoms with Crippen molar-refractivity contribution in [3.8, 4) is 0 Å². The molecule has 0 unspecified atom stereocenters. The molecule has 1 rings (SSSR count). The predicted octanol–water partition coefficient (Wildman–Crippen LogP) is 3.34. The molecule has 2 N–H and O–H groups in total. The molecule has 0 aliphatic heterocycles. The van der Waals surface area contributed by atoms with E-state index in [1.807, 2.05) is 0 Å². The van der Waals surface area contributed by atoms with Crippen LogP contribution in [0.5, 0.6) is 0 Å². The number of hydrogen-bond donors (Lipinski definition) is 1. The van der Waals surface area contributed by atoms with E-state index >= 15 is 0 Å². The van der Waals surface area contributed by atoms with Gasteiger partial charge >= 0.3 is 0 Å². The summed E-state index contributed by atoms with van der Waals surface area (Å²) >= 11 is 3.29. The van der Waals surface area contributed by atoms with E-state index < -0.39 is 5.54 Å². The average Bonchev–Trinajstić information content (AvgIpc) is 2.09. The smallest absolute Gasteiger partial charge is 0.128 e. The Morgan fingerprint density at radius 2 is 2.29 bits per heavy atom. The van der Waals surface area contributed by atoms with Crippen LogP contribution in [0.15, 0.2) is 35.3 Å². The first-order valence-corrected chi connectivity index (χ1v) is 5.12. The summed E-state index contributed by atoms with van der Waals surface area (Å²) in [6.45, 7) is 5.40. The van der Waals surface area contributed by atoms with Gasteiger partial charge in [0.1, 0.15) is 5.82 Å². The third-order valence-electron chi connectivity index (χ3n) is 2.11. The first-order chi connectivity index (χ1) is 6.47. The Hall–Kier alpha value is -0.670. The number of rotatable bonds is 3. The van der Waals surface area contributed by atoms with Gasteiger partial charge in [-0.05, 0) is 31.5 Å². The molecule has 0 saturated carbocycles. The molecule has 1 aromatic rings. The van der Waals surface area contributed by atoms with Crippen LogP contribution in [0, 0.1) is 5.82 Å². The van der Waals surface area contributed by atoms with Crippen molar-refractivity contribution in [3.63, 3.8) is 0 Å². The van der Waals surface area contributed by atoms with Gasteiger partial charge in [-0.25, -0.2) is 4.39 Å². The fourth-order valence-corrected chi connectivity index (χ4v) is 1.71. The van der Waals surface area contributed by atoms with Crippen molar-refractivity contribution < 1.29 is 4.39 Å². The Bertz CT molecular complexity index is 347. The normalized spacial score (nSPS) is 14.9. The van der Waals surface area contributed by atoms with E-state index in [1.165, 1.54) is 6.07 Å². The molecular weight excluding hydrogens is 245 g/mol. The Morgan fingerprint density at radius 1 is 1.64 bits per heavy atom. The third kappa shape index (κ3) is 2.42. The van der Waals surface area contributed by atoms with E-state index in [2.05, 4.69) is 22.5 Å². The molecule has 1 nitrogen and oxygen atoms in total. The van der Waals surface area contributed by atoms with E-state index in [4.69, 9.17) is 5.73 Å². The molecule has 0 saturated heterocycles. The fourth-order valence-electron chi connectivity index (χ4n) is 1.34. The predicted molar refractivity (Wildman–Crippen MR) is 60.5 cm³/mol. The SMILES string of the molecule is C=CC[C@](C)(N)c1cc(Br)ccc1F. The molecule has 76 valence electrons. The summed E-state index contributed by atoms with van der Waals surface area (Å²) in [6.07, 6.45) is 2.24. The minimum Gasteiger partial charge on any atom is -0.321 e. The quantitative estimate of drug-likeness (QED) is 0.827. The molecule has 0 spiro atoms. The second-order valence-electron chi connectivity index (χ2n) is 3.53. The monoisotopic (exact) mass is 257 g/mol. The molecule has 1 aromatic carbocycles. The average molecular weight is 258 g/mol. The highest BCUT2D eigenvalue weighted by Crippen LogP contribution is 2.27. The summed E-state index contributed by atoms with van der Waals surface area (Å²) < 4.78 is 14.3. The van der Waals surface area contributed by atoms with Crippen LogP contribution >= 0.6 is 15.9 Å². The van der Waals surface area contributed by atoms with Gasteiger partial charge in [-0.15, -0.1) is 6.58 Å². The van der Waals surface area contributed by atoms with Gasteiger partial charge in [0.15, 0.2) is 0 Å². The van der Waals surface area contributed by atoms with Crippen molar-refractivity contribution in [2.45, 2.75) is 18.9 Å². The molecule has 0 amide bonds. The largest absolute Gasteiger partial charge is 0.321 e. The van der Waals surface area contributed by atoms with Crippen LogP contribution < -0.4 is 5.73 Å². The number of halogens is 2. The molecule has 0 heterocycles. The first kappa shape index (κ1) is 11.4. The lowest BCUT2D eigenvalue weighted by molar-refractivity contribution is 0.465. The van der Waals surface area contributed by atoms with E-state index in [0.29, 0.717) is 12.0 Å².